The maximum absolute atomic E-state index is 11.8. The fourth-order valence-electron chi connectivity index (χ4n) is 1.74. The smallest absolute Gasteiger partial charge is 0.324 e. The van der Waals surface area contributed by atoms with Gasteiger partial charge < -0.3 is 10.3 Å². The monoisotopic (exact) mass is 331 g/mol. The molecule has 0 unspecified atom stereocenters. The summed E-state index contributed by atoms with van der Waals surface area (Å²) in [5, 5.41) is 5.39. The third-order valence-corrected chi connectivity index (χ3v) is 3.12. The van der Waals surface area contributed by atoms with Crippen LogP contribution in [-0.2, 0) is 0 Å². The number of aromatic nitrogens is 3. The van der Waals surface area contributed by atoms with Gasteiger partial charge in [-0.25, -0.2) is 14.8 Å². The molecule has 20 heavy (non-hydrogen) atoms. The molecule has 2 aromatic heterocycles. The number of nitrogens with zero attached hydrogens (tertiary/aromatic N) is 2. The lowest BCUT2D eigenvalue weighted by Crippen LogP contribution is -2.19. The third-order valence-electron chi connectivity index (χ3n) is 2.65. The number of urea groups is 1. The van der Waals surface area contributed by atoms with Crippen molar-refractivity contribution in [2.45, 2.75) is 0 Å². The summed E-state index contributed by atoms with van der Waals surface area (Å²) in [6.07, 6.45) is 3.23. The van der Waals surface area contributed by atoms with Gasteiger partial charge in [-0.05, 0) is 46.3 Å². The van der Waals surface area contributed by atoms with Crippen LogP contribution in [0.5, 0.6) is 0 Å². The molecule has 6 nitrogen and oxygen atoms in total. The molecule has 0 saturated heterocycles. The highest BCUT2D eigenvalue weighted by Crippen LogP contribution is 2.16. The number of amides is 2. The van der Waals surface area contributed by atoms with Gasteiger partial charge in [0.05, 0.1) is 17.4 Å². The van der Waals surface area contributed by atoms with Crippen molar-refractivity contribution in [1.82, 2.24) is 15.0 Å². The first-order chi connectivity index (χ1) is 9.70. The molecule has 0 aliphatic heterocycles. The fourth-order valence-corrected chi connectivity index (χ4v) is 1.98. The van der Waals surface area contributed by atoms with E-state index < -0.39 is 0 Å². The Morgan fingerprint density at radius 1 is 1.15 bits per heavy atom. The number of H-pyrrole nitrogens is 1. The van der Waals surface area contributed by atoms with Gasteiger partial charge in [0, 0.05) is 16.4 Å². The zero-order chi connectivity index (χ0) is 13.9. The predicted octanol–water partition coefficient (Wildman–Crippen LogP) is 3.36. The zero-order valence-corrected chi connectivity index (χ0v) is 11.8. The highest BCUT2D eigenvalue weighted by molar-refractivity contribution is 9.10. The lowest BCUT2D eigenvalue weighted by molar-refractivity contribution is 0.262. The van der Waals surface area contributed by atoms with Crippen LogP contribution in [0.25, 0.3) is 11.0 Å². The molecule has 0 spiro atoms. The molecule has 0 aliphatic carbocycles. The standard InChI is InChI=1S/C13H10BrN5O/c14-8-1-4-12(15-6-8)19-13(20)18-9-2-3-10-11(5-9)17-7-16-10/h1-7H,(H,16,17)(H2,15,18,19,20). The van der Waals surface area contributed by atoms with Gasteiger partial charge in [-0.1, -0.05) is 0 Å². The van der Waals surface area contributed by atoms with Crippen molar-refractivity contribution >= 4 is 44.5 Å². The summed E-state index contributed by atoms with van der Waals surface area (Å²) in [5.74, 6) is 0.480. The molecule has 7 heteroatoms. The number of carbonyl (C=O) groups excluding carboxylic acids is 1. The molecule has 3 N–H and O–H groups in total. The summed E-state index contributed by atoms with van der Waals surface area (Å²) >= 11 is 3.28. The van der Waals surface area contributed by atoms with E-state index in [0.717, 1.165) is 15.5 Å². The van der Waals surface area contributed by atoms with Crippen LogP contribution in [0.3, 0.4) is 0 Å². The van der Waals surface area contributed by atoms with Crippen LogP contribution >= 0.6 is 15.9 Å². The quantitative estimate of drug-likeness (QED) is 0.673. The SMILES string of the molecule is O=C(Nc1ccc2nc[nH]c2c1)Nc1ccc(Br)cn1. The van der Waals surface area contributed by atoms with Crippen molar-refractivity contribution < 1.29 is 4.79 Å². The molecule has 100 valence electrons. The molecule has 0 saturated carbocycles. The van der Waals surface area contributed by atoms with Gasteiger partial charge in [-0.2, -0.15) is 0 Å². The van der Waals surface area contributed by atoms with Crippen molar-refractivity contribution in [2.24, 2.45) is 0 Å². The van der Waals surface area contributed by atoms with E-state index in [9.17, 15) is 4.79 Å². The Balaban J connectivity index is 1.70. The summed E-state index contributed by atoms with van der Waals surface area (Å²) < 4.78 is 0.855. The Hall–Kier alpha value is -2.41. The summed E-state index contributed by atoms with van der Waals surface area (Å²) in [7, 11) is 0. The number of carbonyl (C=O) groups is 1. The number of benzene rings is 1. The van der Waals surface area contributed by atoms with Gasteiger partial charge in [0.1, 0.15) is 5.82 Å². The first-order valence-electron chi connectivity index (χ1n) is 5.83. The molecule has 0 bridgehead atoms. The van der Waals surface area contributed by atoms with Gasteiger partial charge in [0.15, 0.2) is 0 Å². The number of pyridine rings is 1. The molecule has 0 aliphatic rings. The summed E-state index contributed by atoms with van der Waals surface area (Å²) in [5.41, 5.74) is 2.39. The van der Waals surface area contributed by atoms with Crippen LogP contribution in [0.2, 0.25) is 0 Å². The summed E-state index contributed by atoms with van der Waals surface area (Å²) in [4.78, 5) is 23.0. The molecule has 2 heterocycles. The minimum absolute atomic E-state index is 0.348. The molecule has 0 radical (unpaired) electrons. The third kappa shape index (κ3) is 2.77. The minimum Gasteiger partial charge on any atom is -0.345 e. The summed E-state index contributed by atoms with van der Waals surface area (Å²) in [6.45, 7) is 0. The first kappa shape index (κ1) is 12.6. The van der Waals surface area contributed by atoms with Crippen LogP contribution in [-0.4, -0.2) is 21.0 Å². The number of fused-ring (bicyclic) bond motifs is 1. The molecule has 0 fully saturated rings. The van der Waals surface area contributed by atoms with Gasteiger partial charge in [0.25, 0.3) is 0 Å². The topological polar surface area (TPSA) is 82.7 Å². The highest BCUT2D eigenvalue weighted by atomic mass is 79.9. The van der Waals surface area contributed by atoms with Crippen LogP contribution in [0.4, 0.5) is 16.3 Å². The van der Waals surface area contributed by atoms with E-state index in [1.807, 2.05) is 12.1 Å². The molecule has 0 atom stereocenters. The molecule has 2 amide bonds. The van der Waals surface area contributed by atoms with E-state index in [0.29, 0.717) is 11.5 Å². The molecule has 1 aromatic carbocycles. The molecular weight excluding hydrogens is 322 g/mol. The number of hydrogen-bond donors (Lipinski definition) is 3. The predicted molar refractivity (Wildman–Crippen MR) is 80.7 cm³/mol. The second kappa shape index (κ2) is 5.30. The fraction of sp³-hybridized carbons (Fsp3) is 0. The largest absolute Gasteiger partial charge is 0.345 e. The van der Waals surface area contributed by atoms with Crippen LogP contribution in [0.15, 0.2) is 47.3 Å². The number of anilines is 2. The van der Waals surface area contributed by atoms with E-state index in [2.05, 4.69) is 41.5 Å². The number of imidazole rings is 1. The molecule has 3 rings (SSSR count). The zero-order valence-electron chi connectivity index (χ0n) is 10.2. The Labute approximate surface area is 122 Å². The Morgan fingerprint density at radius 3 is 2.85 bits per heavy atom. The Morgan fingerprint density at radius 2 is 2.05 bits per heavy atom. The normalized spacial score (nSPS) is 10.4. The van der Waals surface area contributed by atoms with E-state index in [-0.39, 0.29) is 6.03 Å². The van der Waals surface area contributed by atoms with E-state index in [1.165, 1.54) is 0 Å². The number of halogens is 1. The van der Waals surface area contributed by atoms with E-state index in [4.69, 9.17) is 0 Å². The van der Waals surface area contributed by atoms with Gasteiger partial charge in [-0.3, -0.25) is 5.32 Å². The van der Waals surface area contributed by atoms with Crippen LogP contribution in [0, 0.1) is 0 Å². The lowest BCUT2D eigenvalue weighted by atomic mass is 10.3. The van der Waals surface area contributed by atoms with E-state index >= 15 is 0 Å². The van der Waals surface area contributed by atoms with Crippen molar-refractivity contribution in [1.29, 1.82) is 0 Å². The maximum atomic E-state index is 11.8. The highest BCUT2D eigenvalue weighted by Gasteiger charge is 2.05. The lowest BCUT2D eigenvalue weighted by Gasteiger charge is -2.07. The summed E-state index contributed by atoms with van der Waals surface area (Å²) in [6, 6.07) is 8.60. The van der Waals surface area contributed by atoms with E-state index in [1.54, 1.807) is 30.7 Å². The number of nitrogens with one attached hydrogen (secondary N) is 3. The Bertz CT molecular complexity index is 753. The number of rotatable bonds is 2. The molecular formula is C13H10BrN5O. The van der Waals surface area contributed by atoms with Gasteiger partial charge in [-0.15, -0.1) is 0 Å². The number of aromatic amines is 1. The maximum Gasteiger partial charge on any atom is 0.324 e. The van der Waals surface area contributed by atoms with Gasteiger partial charge in [0.2, 0.25) is 0 Å². The van der Waals surface area contributed by atoms with Crippen LogP contribution in [0.1, 0.15) is 0 Å². The second-order valence-corrected chi connectivity index (χ2v) is 4.99. The minimum atomic E-state index is -0.348. The van der Waals surface area contributed by atoms with Crippen molar-refractivity contribution in [2.75, 3.05) is 10.6 Å². The first-order valence-corrected chi connectivity index (χ1v) is 6.63. The number of hydrogen-bond acceptors (Lipinski definition) is 3. The average molecular weight is 332 g/mol. The Kier molecular flexibility index (Phi) is 3.34. The second-order valence-electron chi connectivity index (χ2n) is 4.08. The van der Waals surface area contributed by atoms with Crippen LogP contribution < -0.4 is 10.6 Å². The van der Waals surface area contributed by atoms with Crippen molar-refractivity contribution in [3.63, 3.8) is 0 Å². The molecule has 3 aromatic rings. The van der Waals surface area contributed by atoms with Crippen molar-refractivity contribution in [3.05, 3.63) is 47.3 Å². The van der Waals surface area contributed by atoms with Gasteiger partial charge >= 0.3 is 6.03 Å². The average Bonchev–Trinajstić information content (AvgIpc) is 2.89. The van der Waals surface area contributed by atoms with Crippen molar-refractivity contribution in [3.8, 4) is 0 Å².